The van der Waals surface area contributed by atoms with Gasteiger partial charge in [-0.05, 0) is 55.2 Å². The van der Waals surface area contributed by atoms with Crippen LogP contribution in [0.5, 0.6) is 0 Å². The lowest BCUT2D eigenvalue weighted by Gasteiger charge is -2.05. The molecule has 1 aliphatic carbocycles. The van der Waals surface area contributed by atoms with Crippen molar-refractivity contribution in [2.45, 2.75) is 25.8 Å². The van der Waals surface area contributed by atoms with Crippen LogP contribution in [0, 0.1) is 6.92 Å². The van der Waals surface area contributed by atoms with Crippen LogP contribution in [0.4, 0.5) is 5.69 Å². The highest BCUT2D eigenvalue weighted by molar-refractivity contribution is 6.02. The Balaban J connectivity index is 1.58. The summed E-state index contributed by atoms with van der Waals surface area (Å²) in [6.07, 6.45) is 5.37. The lowest BCUT2D eigenvalue weighted by molar-refractivity contribution is -0.111. The molecule has 1 saturated carbocycles. The van der Waals surface area contributed by atoms with Crippen LogP contribution < -0.4 is 10.6 Å². The summed E-state index contributed by atoms with van der Waals surface area (Å²) in [5.41, 5.74) is 3.34. The van der Waals surface area contributed by atoms with Gasteiger partial charge in [-0.2, -0.15) is 0 Å². The molecule has 4 nitrogen and oxygen atoms in total. The second-order valence-corrected chi connectivity index (χ2v) is 6.01. The largest absolute Gasteiger partial charge is 0.349 e. The van der Waals surface area contributed by atoms with Gasteiger partial charge in [0, 0.05) is 23.4 Å². The van der Waals surface area contributed by atoms with Gasteiger partial charge in [0.2, 0.25) is 5.91 Å². The lowest BCUT2D eigenvalue weighted by Crippen LogP contribution is -2.25. The molecule has 2 aromatic rings. The minimum absolute atomic E-state index is 0.0367. The Morgan fingerprint density at radius 1 is 1.04 bits per heavy atom. The van der Waals surface area contributed by atoms with Crippen molar-refractivity contribution >= 4 is 23.6 Å². The number of hydrogen-bond donors (Lipinski definition) is 2. The van der Waals surface area contributed by atoms with Crippen molar-refractivity contribution in [3.05, 3.63) is 71.3 Å². The normalized spacial score (nSPS) is 13.7. The monoisotopic (exact) mass is 320 g/mol. The van der Waals surface area contributed by atoms with Crippen LogP contribution in [0.2, 0.25) is 0 Å². The first kappa shape index (κ1) is 16.0. The van der Waals surface area contributed by atoms with E-state index in [0.717, 1.165) is 29.7 Å². The Morgan fingerprint density at radius 2 is 1.75 bits per heavy atom. The molecular weight excluding hydrogens is 300 g/mol. The summed E-state index contributed by atoms with van der Waals surface area (Å²) in [5.74, 6) is -0.217. The molecule has 0 bridgehead atoms. The van der Waals surface area contributed by atoms with E-state index in [9.17, 15) is 9.59 Å². The van der Waals surface area contributed by atoms with Crippen molar-refractivity contribution in [2.75, 3.05) is 5.32 Å². The molecule has 0 saturated heterocycles. The topological polar surface area (TPSA) is 58.2 Å². The molecule has 3 rings (SSSR count). The Morgan fingerprint density at radius 3 is 2.42 bits per heavy atom. The molecule has 0 radical (unpaired) electrons. The van der Waals surface area contributed by atoms with E-state index in [0.29, 0.717) is 11.6 Å². The second kappa shape index (κ2) is 7.13. The molecule has 4 heteroatoms. The van der Waals surface area contributed by atoms with Crippen LogP contribution in [0.25, 0.3) is 6.08 Å². The molecule has 0 spiro atoms. The van der Waals surface area contributed by atoms with Crippen molar-refractivity contribution in [1.82, 2.24) is 5.32 Å². The van der Waals surface area contributed by atoms with Gasteiger partial charge < -0.3 is 10.6 Å². The molecule has 24 heavy (non-hydrogen) atoms. The van der Waals surface area contributed by atoms with E-state index in [1.807, 2.05) is 43.3 Å². The number of hydrogen-bond acceptors (Lipinski definition) is 2. The summed E-state index contributed by atoms with van der Waals surface area (Å²) in [6, 6.07) is 15.2. The van der Waals surface area contributed by atoms with E-state index in [1.54, 1.807) is 18.2 Å². The van der Waals surface area contributed by atoms with Crippen LogP contribution in [-0.4, -0.2) is 17.9 Å². The first-order chi connectivity index (χ1) is 11.6. The molecule has 1 aliphatic rings. The van der Waals surface area contributed by atoms with E-state index in [-0.39, 0.29) is 11.8 Å². The molecule has 0 unspecified atom stereocenters. The molecular formula is C20H20N2O2. The minimum Gasteiger partial charge on any atom is -0.349 e. The molecule has 2 N–H and O–H groups in total. The van der Waals surface area contributed by atoms with Crippen molar-refractivity contribution in [2.24, 2.45) is 0 Å². The van der Waals surface area contributed by atoms with Gasteiger partial charge in [-0.15, -0.1) is 0 Å². The number of carbonyl (C=O) groups excluding carboxylic acids is 2. The van der Waals surface area contributed by atoms with Crippen molar-refractivity contribution in [3.8, 4) is 0 Å². The van der Waals surface area contributed by atoms with E-state index < -0.39 is 0 Å². The minimum atomic E-state index is -0.181. The third-order valence-corrected chi connectivity index (χ3v) is 3.92. The summed E-state index contributed by atoms with van der Waals surface area (Å²) < 4.78 is 0. The summed E-state index contributed by atoms with van der Waals surface area (Å²) in [5, 5.41) is 5.80. The number of benzene rings is 2. The lowest BCUT2D eigenvalue weighted by atomic mass is 10.1. The summed E-state index contributed by atoms with van der Waals surface area (Å²) in [6.45, 7) is 1.95. The molecule has 2 amide bonds. The molecule has 0 heterocycles. The van der Waals surface area contributed by atoms with Crippen LogP contribution >= 0.6 is 0 Å². The quantitative estimate of drug-likeness (QED) is 0.828. The molecule has 0 aliphatic heterocycles. The second-order valence-electron chi connectivity index (χ2n) is 6.01. The van der Waals surface area contributed by atoms with Crippen molar-refractivity contribution in [3.63, 3.8) is 0 Å². The average Bonchev–Trinajstić information content (AvgIpc) is 3.39. The van der Waals surface area contributed by atoms with Gasteiger partial charge in [-0.25, -0.2) is 0 Å². The Kier molecular flexibility index (Phi) is 4.75. The fourth-order valence-electron chi connectivity index (χ4n) is 2.30. The molecule has 122 valence electrons. The van der Waals surface area contributed by atoms with Crippen LogP contribution in [0.15, 0.2) is 54.6 Å². The zero-order valence-corrected chi connectivity index (χ0v) is 13.6. The highest BCUT2D eigenvalue weighted by Crippen LogP contribution is 2.19. The summed E-state index contributed by atoms with van der Waals surface area (Å²) in [7, 11) is 0. The number of nitrogens with one attached hydrogen (secondary N) is 2. The first-order valence-corrected chi connectivity index (χ1v) is 8.07. The molecule has 1 fully saturated rings. The zero-order chi connectivity index (χ0) is 16.9. The third kappa shape index (κ3) is 4.32. The summed E-state index contributed by atoms with van der Waals surface area (Å²) in [4.78, 5) is 23.9. The van der Waals surface area contributed by atoms with Crippen molar-refractivity contribution < 1.29 is 9.59 Å². The number of anilines is 1. The van der Waals surface area contributed by atoms with Crippen LogP contribution in [-0.2, 0) is 4.79 Å². The maximum absolute atomic E-state index is 12.0. The van der Waals surface area contributed by atoms with E-state index in [1.165, 1.54) is 6.08 Å². The fraction of sp³-hybridized carbons (Fsp3) is 0.200. The number of amides is 2. The standard InChI is InChI=1S/C20H20N2O2/c1-14-4-2-3-5-18(14)22-19(23)13-8-15-6-9-16(10-7-15)20(24)21-17-11-12-17/h2-10,13,17H,11-12H2,1H3,(H,21,24)(H,22,23). The predicted octanol–water partition coefficient (Wildman–Crippen LogP) is 3.54. The Hall–Kier alpha value is -2.88. The van der Waals surface area contributed by atoms with Gasteiger partial charge in [-0.1, -0.05) is 30.3 Å². The third-order valence-electron chi connectivity index (χ3n) is 3.92. The number of para-hydroxylation sites is 1. The van der Waals surface area contributed by atoms with Crippen LogP contribution in [0.1, 0.15) is 34.3 Å². The van der Waals surface area contributed by atoms with E-state index in [4.69, 9.17) is 0 Å². The smallest absolute Gasteiger partial charge is 0.251 e. The van der Waals surface area contributed by atoms with Crippen LogP contribution in [0.3, 0.4) is 0 Å². The summed E-state index contributed by atoms with van der Waals surface area (Å²) >= 11 is 0. The van der Waals surface area contributed by atoms with Gasteiger partial charge in [-0.3, -0.25) is 9.59 Å². The first-order valence-electron chi connectivity index (χ1n) is 8.07. The SMILES string of the molecule is Cc1ccccc1NC(=O)C=Cc1ccc(C(=O)NC2CC2)cc1. The maximum Gasteiger partial charge on any atom is 0.251 e. The highest BCUT2D eigenvalue weighted by Gasteiger charge is 2.23. The van der Waals surface area contributed by atoms with E-state index in [2.05, 4.69) is 10.6 Å². The Labute approximate surface area is 141 Å². The molecule has 0 atom stereocenters. The maximum atomic E-state index is 12.0. The molecule has 0 aromatic heterocycles. The highest BCUT2D eigenvalue weighted by atomic mass is 16.2. The average molecular weight is 320 g/mol. The van der Waals surface area contributed by atoms with Gasteiger partial charge in [0.25, 0.3) is 5.91 Å². The number of aryl methyl sites for hydroxylation is 1. The predicted molar refractivity (Wildman–Crippen MR) is 95.8 cm³/mol. The molecule has 2 aromatic carbocycles. The van der Waals surface area contributed by atoms with Crippen molar-refractivity contribution in [1.29, 1.82) is 0 Å². The number of rotatable bonds is 5. The van der Waals surface area contributed by atoms with E-state index >= 15 is 0 Å². The zero-order valence-electron chi connectivity index (χ0n) is 13.6. The van der Waals surface area contributed by atoms with Gasteiger partial charge in [0.1, 0.15) is 0 Å². The fourth-order valence-corrected chi connectivity index (χ4v) is 2.30. The number of carbonyl (C=O) groups is 2. The Bertz CT molecular complexity index is 774. The van der Waals surface area contributed by atoms with Gasteiger partial charge in [0.15, 0.2) is 0 Å². The van der Waals surface area contributed by atoms with Gasteiger partial charge in [0.05, 0.1) is 0 Å². The van der Waals surface area contributed by atoms with Gasteiger partial charge >= 0.3 is 0 Å².